The van der Waals surface area contributed by atoms with Gasteiger partial charge in [-0.15, -0.1) is 11.8 Å². The summed E-state index contributed by atoms with van der Waals surface area (Å²) in [4.78, 5) is 14.9. The summed E-state index contributed by atoms with van der Waals surface area (Å²) in [7, 11) is -3.14. The Hall–Kier alpha value is -1.12. The third-order valence-electron chi connectivity index (χ3n) is 4.72. The summed E-state index contributed by atoms with van der Waals surface area (Å²) in [6.45, 7) is 1.77. The fourth-order valence-corrected chi connectivity index (χ4v) is 6.23. The first-order valence-electron chi connectivity index (χ1n) is 8.56. The Morgan fingerprint density at radius 2 is 1.92 bits per heavy atom. The van der Waals surface area contributed by atoms with Crippen molar-refractivity contribution in [2.75, 3.05) is 30.3 Å². The lowest BCUT2D eigenvalue weighted by molar-refractivity contribution is -0.119. The Morgan fingerprint density at radius 1 is 1.20 bits per heavy atom. The zero-order chi connectivity index (χ0) is 17.9. The number of sulfone groups is 1. The first-order chi connectivity index (χ1) is 11.9. The third kappa shape index (κ3) is 4.95. The molecule has 25 heavy (non-hydrogen) atoms. The van der Waals surface area contributed by atoms with Crippen molar-refractivity contribution in [3.63, 3.8) is 0 Å². The van der Waals surface area contributed by atoms with Gasteiger partial charge in [-0.3, -0.25) is 9.69 Å². The quantitative estimate of drug-likeness (QED) is 0.780. The second kappa shape index (κ2) is 8.05. The zero-order valence-electron chi connectivity index (χ0n) is 14.0. The van der Waals surface area contributed by atoms with Crippen LogP contribution in [0, 0.1) is 5.82 Å². The summed E-state index contributed by atoms with van der Waals surface area (Å²) in [5, 5.41) is 2.87. The molecule has 1 N–H and O–H groups in total. The van der Waals surface area contributed by atoms with Gasteiger partial charge in [-0.1, -0.05) is 18.6 Å². The van der Waals surface area contributed by atoms with E-state index in [4.69, 9.17) is 0 Å². The molecule has 2 fully saturated rings. The van der Waals surface area contributed by atoms with E-state index in [1.54, 1.807) is 18.2 Å². The molecule has 1 aromatic rings. The lowest BCUT2D eigenvalue weighted by Gasteiger charge is -2.35. The maximum atomic E-state index is 13.6. The molecule has 1 aromatic carbocycles. The summed E-state index contributed by atoms with van der Waals surface area (Å²) >= 11 is 1.13. The maximum Gasteiger partial charge on any atom is 0.230 e. The number of halogens is 1. The Labute approximate surface area is 152 Å². The van der Waals surface area contributed by atoms with Crippen LogP contribution in [0.3, 0.4) is 0 Å². The van der Waals surface area contributed by atoms with Crippen molar-refractivity contribution in [2.45, 2.75) is 36.2 Å². The summed E-state index contributed by atoms with van der Waals surface area (Å²) in [5.74, 6) is -0.431. The molecule has 2 atom stereocenters. The van der Waals surface area contributed by atoms with Crippen molar-refractivity contribution >= 4 is 27.5 Å². The van der Waals surface area contributed by atoms with Crippen molar-refractivity contribution in [1.82, 2.24) is 10.2 Å². The smallest absolute Gasteiger partial charge is 0.230 e. The number of hydrogen-bond acceptors (Lipinski definition) is 5. The fraction of sp³-hybridized carbons (Fsp3) is 0.588. The Morgan fingerprint density at radius 3 is 2.64 bits per heavy atom. The highest BCUT2D eigenvalue weighted by Gasteiger charge is 2.41. The maximum absolute atomic E-state index is 13.6. The summed E-state index contributed by atoms with van der Waals surface area (Å²) in [6, 6.07) is 5.79. The van der Waals surface area contributed by atoms with Crippen LogP contribution in [0.2, 0.25) is 0 Å². The number of benzene rings is 1. The fourth-order valence-electron chi connectivity index (χ4n) is 3.53. The lowest BCUT2D eigenvalue weighted by Crippen LogP contribution is -2.52. The highest BCUT2D eigenvalue weighted by Crippen LogP contribution is 2.24. The van der Waals surface area contributed by atoms with Gasteiger partial charge in [-0.25, -0.2) is 12.8 Å². The van der Waals surface area contributed by atoms with Gasteiger partial charge in [0.15, 0.2) is 9.84 Å². The molecule has 138 valence electrons. The molecule has 2 aliphatic rings. The number of rotatable bonds is 5. The lowest BCUT2D eigenvalue weighted by atomic mass is 10.1. The van der Waals surface area contributed by atoms with Gasteiger partial charge in [-0.05, 0) is 38.1 Å². The van der Waals surface area contributed by atoms with E-state index in [0.29, 0.717) is 4.90 Å². The van der Waals surface area contributed by atoms with Crippen molar-refractivity contribution in [2.24, 2.45) is 0 Å². The van der Waals surface area contributed by atoms with E-state index in [1.807, 2.05) is 0 Å². The van der Waals surface area contributed by atoms with Gasteiger partial charge in [-0.2, -0.15) is 0 Å². The molecule has 0 radical (unpaired) electrons. The van der Waals surface area contributed by atoms with Gasteiger partial charge in [0, 0.05) is 10.9 Å². The van der Waals surface area contributed by atoms with Crippen LogP contribution in [0.1, 0.15) is 19.3 Å². The number of thioether (sulfide) groups is 1. The van der Waals surface area contributed by atoms with E-state index in [-0.39, 0.29) is 41.1 Å². The van der Waals surface area contributed by atoms with Crippen LogP contribution in [0.25, 0.3) is 0 Å². The monoisotopic (exact) mass is 386 g/mol. The Bertz CT molecular complexity index is 720. The van der Waals surface area contributed by atoms with Crippen LogP contribution in [0.5, 0.6) is 0 Å². The highest BCUT2D eigenvalue weighted by atomic mass is 32.2. The molecule has 0 bridgehead atoms. The minimum absolute atomic E-state index is 0.00965. The number of piperidine rings is 1. The largest absolute Gasteiger partial charge is 0.350 e. The molecule has 5 nitrogen and oxygen atoms in total. The van der Waals surface area contributed by atoms with E-state index >= 15 is 0 Å². The van der Waals surface area contributed by atoms with E-state index in [0.717, 1.165) is 37.7 Å². The van der Waals surface area contributed by atoms with Crippen LogP contribution in [0.4, 0.5) is 4.39 Å². The highest BCUT2D eigenvalue weighted by molar-refractivity contribution is 8.00. The molecule has 2 heterocycles. The molecule has 1 amide bonds. The SMILES string of the molecule is O=C(CSc1ccccc1F)NC1CS(=O)(=O)CC1N1CCCCC1. The predicted octanol–water partition coefficient (Wildman–Crippen LogP) is 1.69. The number of likely N-dealkylation sites (tertiary alicyclic amines) is 1. The van der Waals surface area contributed by atoms with Crippen molar-refractivity contribution in [3.8, 4) is 0 Å². The average molecular weight is 387 g/mol. The van der Waals surface area contributed by atoms with E-state index in [1.165, 1.54) is 12.5 Å². The van der Waals surface area contributed by atoms with Gasteiger partial charge < -0.3 is 5.32 Å². The minimum atomic E-state index is -3.14. The second-order valence-corrected chi connectivity index (χ2v) is 9.80. The molecule has 0 spiro atoms. The topological polar surface area (TPSA) is 66.5 Å². The van der Waals surface area contributed by atoms with Crippen molar-refractivity contribution in [1.29, 1.82) is 0 Å². The zero-order valence-corrected chi connectivity index (χ0v) is 15.6. The second-order valence-electron chi connectivity index (χ2n) is 6.63. The molecular formula is C17H23FN2O3S2. The van der Waals surface area contributed by atoms with Gasteiger partial charge >= 0.3 is 0 Å². The van der Waals surface area contributed by atoms with E-state index < -0.39 is 9.84 Å². The predicted molar refractivity (Wildman–Crippen MR) is 96.9 cm³/mol. The molecule has 8 heteroatoms. The standard InChI is InChI=1S/C17H23FN2O3S2/c18-13-6-2-3-7-16(13)24-10-17(21)19-14-11-25(22,23)12-15(14)20-8-4-1-5-9-20/h2-3,6-7,14-15H,1,4-5,8-12H2,(H,19,21). The molecular weight excluding hydrogens is 363 g/mol. The number of carbonyl (C=O) groups is 1. The van der Waals surface area contributed by atoms with Crippen LogP contribution in [-0.4, -0.2) is 61.7 Å². The van der Waals surface area contributed by atoms with Crippen molar-refractivity contribution < 1.29 is 17.6 Å². The Kier molecular flexibility index (Phi) is 6.01. The molecule has 2 unspecified atom stereocenters. The van der Waals surface area contributed by atoms with Crippen molar-refractivity contribution in [3.05, 3.63) is 30.1 Å². The first-order valence-corrected chi connectivity index (χ1v) is 11.4. The van der Waals surface area contributed by atoms with E-state index in [2.05, 4.69) is 10.2 Å². The van der Waals surface area contributed by atoms with Crippen LogP contribution < -0.4 is 5.32 Å². The number of nitrogens with one attached hydrogen (secondary N) is 1. The average Bonchev–Trinajstić information content (AvgIpc) is 2.89. The molecule has 3 rings (SSSR count). The molecule has 0 aromatic heterocycles. The summed E-state index contributed by atoms with van der Waals surface area (Å²) in [5.41, 5.74) is 0. The molecule has 0 aliphatic carbocycles. The van der Waals surface area contributed by atoms with E-state index in [9.17, 15) is 17.6 Å². The Balaban J connectivity index is 1.59. The molecule has 2 aliphatic heterocycles. The third-order valence-corrected chi connectivity index (χ3v) is 7.49. The van der Waals surface area contributed by atoms with Crippen LogP contribution in [0.15, 0.2) is 29.2 Å². The first kappa shape index (κ1) is 18.7. The molecule has 2 saturated heterocycles. The molecule has 0 saturated carbocycles. The van der Waals surface area contributed by atoms with Crippen LogP contribution >= 0.6 is 11.8 Å². The van der Waals surface area contributed by atoms with Crippen LogP contribution in [-0.2, 0) is 14.6 Å². The van der Waals surface area contributed by atoms with Gasteiger partial charge in [0.2, 0.25) is 5.91 Å². The number of amides is 1. The normalized spacial score (nSPS) is 26.4. The number of carbonyl (C=O) groups excluding carboxylic acids is 1. The summed E-state index contributed by atoms with van der Waals surface area (Å²) in [6.07, 6.45) is 3.31. The summed E-state index contributed by atoms with van der Waals surface area (Å²) < 4.78 is 37.7. The minimum Gasteiger partial charge on any atom is -0.350 e. The van der Waals surface area contributed by atoms with Gasteiger partial charge in [0.05, 0.1) is 23.3 Å². The number of nitrogens with zero attached hydrogens (tertiary/aromatic N) is 1. The van der Waals surface area contributed by atoms with Gasteiger partial charge in [0.1, 0.15) is 5.82 Å². The van der Waals surface area contributed by atoms with Gasteiger partial charge in [0.25, 0.3) is 0 Å². The number of hydrogen-bond donors (Lipinski definition) is 1.